The summed E-state index contributed by atoms with van der Waals surface area (Å²) in [6, 6.07) is 9.64. The number of halogens is 1. The molecule has 2 aromatic rings. The van der Waals surface area contributed by atoms with E-state index < -0.39 is 0 Å². The van der Waals surface area contributed by atoms with Crippen molar-refractivity contribution in [2.75, 3.05) is 31.6 Å². The third-order valence-electron chi connectivity index (χ3n) is 2.64. The fourth-order valence-electron chi connectivity index (χ4n) is 1.67. The van der Waals surface area contributed by atoms with Crippen LogP contribution in [0.3, 0.4) is 0 Å². The van der Waals surface area contributed by atoms with E-state index in [2.05, 4.69) is 9.80 Å². The number of hydrazine groups is 1. The number of nitrogens with zero attached hydrogens (tertiary/aromatic N) is 3. The minimum absolute atomic E-state index is 0.176. The summed E-state index contributed by atoms with van der Waals surface area (Å²) in [6.07, 6.45) is 0. The van der Waals surface area contributed by atoms with Gasteiger partial charge in [0, 0.05) is 21.1 Å². The highest BCUT2D eigenvalue weighted by Gasteiger charge is 2.23. The molecular formula is C13H15ClN4OS. The van der Waals surface area contributed by atoms with Crippen LogP contribution in [-0.2, 0) is 0 Å². The molecule has 0 bridgehead atoms. The molecule has 106 valence electrons. The quantitative estimate of drug-likeness (QED) is 0.882. The van der Waals surface area contributed by atoms with E-state index in [1.807, 2.05) is 30.3 Å². The van der Waals surface area contributed by atoms with Crippen molar-refractivity contribution < 1.29 is 4.79 Å². The highest BCUT2D eigenvalue weighted by Crippen LogP contribution is 2.33. The number of amides is 1. The molecule has 0 radical (unpaired) electrons. The number of hydrogen-bond donors (Lipinski definition) is 1. The second kappa shape index (κ2) is 6.11. The Morgan fingerprint density at radius 2 is 1.90 bits per heavy atom. The van der Waals surface area contributed by atoms with Crippen LogP contribution in [0.1, 0.15) is 10.5 Å². The predicted molar refractivity (Wildman–Crippen MR) is 83.6 cm³/mol. The zero-order chi connectivity index (χ0) is 14.7. The second-order valence-corrected chi connectivity index (χ2v) is 5.77. The van der Waals surface area contributed by atoms with Crippen LogP contribution in [-0.4, -0.2) is 36.3 Å². The lowest BCUT2D eigenvalue weighted by atomic mass is 10.3. The largest absolute Gasteiger partial charge is 0.343 e. The van der Waals surface area contributed by atoms with Gasteiger partial charge in [0.15, 0.2) is 5.69 Å². The van der Waals surface area contributed by atoms with Crippen molar-refractivity contribution in [1.29, 1.82) is 0 Å². The number of nitrogens with one attached hydrogen (secondary N) is 1. The van der Waals surface area contributed by atoms with Crippen LogP contribution in [0.5, 0.6) is 0 Å². The summed E-state index contributed by atoms with van der Waals surface area (Å²) in [4.78, 5) is 13.6. The second-order valence-electron chi connectivity index (χ2n) is 4.39. The van der Waals surface area contributed by atoms with Gasteiger partial charge >= 0.3 is 0 Å². The van der Waals surface area contributed by atoms with Crippen molar-refractivity contribution in [3.05, 3.63) is 40.4 Å². The molecule has 0 aliphatic carbocycles. The number of rotatable bonds is 4. The summed E-state index contributed by atoms with van der Waals surface area (Å²) in [7, 11) is 5.17. The number of benzene rings is 1. The smallest absolute Gasteiger partial charge is 0.275 e. The zero-order valence-corrected chi connectivity index (χ0v) is 13.0. The molecule has 5 nitrogen and oxygen atoms in total. The van der Waals surface area contributed by atoms with Crippen LogP contribution >= 0.6 is 23.1 Å². The molecule has 0 saturated heterocycles. The molecule has 1 heterocycles. The molecule has 0 saturated carbocycles. The van der Waals surface area contributed by atoms with Gasteiger partial charge < -0.3 is 4.90 Å². The van der Waals surface area contributed by atoms with Gasteiger partial charge in [-0.15, -0.1) is 0 Å². The maximum Gasteiger partial charge on any atom is 0.275 e. The molecule has 1 N–H and O–H groups in total. The topological polar surface area (TPSA) is 48.5 Å². The lowest BCUT2D eigenvalue weighted by molar-refractivity contribution is 0.0824. The van der Waals surface area contributed by atoms with E-state index in [0.717, 1.165) is 17.2 Å². The van der Waals surface area contributed by atoms with Gasteiger partial charge in [-0.25, -0.2) is 0 Å². The average molecular weight is 311 g/mol. The number of carbonyl (C=O) groups is 1. The van der Waals surface area contributed by atoms with E-state index in [4.69, 9.17) is 11.6 Å². The molecule has 20 heavy (non-hydrogen) atoms. The van der Waals surface area contributed by atoms with E-state index in [1.165, 1.54) is 4.90 Å². The van der Waals surface area contributed by atoms with Crippen molar-refractivity contribution in [2.45, 2.75) is 0 Å². The molecule has 1 amide bonds. The first-order valence-corrected chi connectivity index (χ1v) is 7.08. The Labute approximate surface area is 126 Å². The minimum Gasteiger partial charge on any atom is -0.343 e. The number of carbonyl (C=O) groups excluding carboxylic acids is 1. The summed E-state index contributed by atoms with van der Waals surface area (Å²) in [5.41, 5.74) is 4.99. The Bertz CT molecular complexity index is 600. The van der Waals surface area contributed by atoms with Crippen molar-refractivity contribution in [3.63, 3.8) is 0 Å². The van der Waals surface area contributed by atoms with Crippen LogP contribution < -0.4 is 10.4 Å². The van der Waals surface area contributed by atoms with Gasteiger partial charge in [0.2, 0.25) is 0 Å². The molecule has 7 heteroatoms. The van der Waals surface area contributed by atoms with Crippen molar-refractivity contribution in [2.24, 2.45) is 0 Å². The lowest BCUT2D eigenvalue weighted by Gasteiger charge is -2.22. The van der Waals surface area contributed by atoms with Gasteiger partial charge in [0.25, 0.3) is 5.91 Å². The number of aromatic nitrogens is 1. The molecule has 0 atom stereocenters. The van der Waals surface area contributed by atoms with Crippen molar-refractivity contribution in [1.82, 2.24) is 9.27 Å². The summed E-state index contributed by atoms with van der Waals surface area (Å²) in [5.74, 6) is -0.176. The molecule has 0 spiro atoms. The van der Waals surface area contributed by atoms with E-state index in [-0.39, 0.29) is 5.91 Å². The Kier molecular flexibility index (Phi) is 4.46. The van der Waals surface area contributed by atoms with Gasteiger partial charge in [-0.05, 0) is 23.7 Å². The molecular weight excluding hydrogens is 296 g/mol. The number of para-hydroxylation sites is 1. The zero-order valence-electron chi connectivity index (χ0n) is 11.4. The Balaban J connectivity index is 2.28. The van der Waals surface area contributed by atoms with Gasteiger partial charge in [-0.2, -0.15) is 4.37 Å². The maximum absolute atomic E-state index is 12.1. The molecule has 0 fully saturated rings. The summed E-state index contributed by atoms with van der Waals surface area (Å²) >= 11 is 7.26. The fourth-order valence-corrected chi connectivity index (χ4v) is 2.65. The predicted octanol–water partition coefficient (Wildman–Crippen LogP) is 2.96. The molecule has 0 aliphatic heterocycles. The van der Waals surface area contributed by atoms with Crippen LogP contribution in [0.4, 0.5) is 11.4 Å². The number of hydrogen-bond acceptors (Lipinski definition) is 5. The molecule has 1 aromatic carbocycles. The van der Waals surface area contributed by atoms with Crippen LogP contribution in [0.15, 0.2) is 30.3 Å². The highest BCUT2D eigenvalue weighted by molar-refractivity contribution is 7.11. The lowest BCUT2D eigenvalue weighted by Crippen LogP contribution is -2.29. The third-order valence-corrected chi connectivity index (χ3v) is 3.66. The summed E-state index contributed by atoms with van der Waals surface area (Å²) < 4.78 is 4.61. The van der Waals surface area contributed by atoms with Crippen LogP contribution in [0.2, 0.25) is 4.34 Å². The summed E-state index contributed by atoms with van der Waals surface area (Å²) in [6.45, 7) is 0. The Morgan fingerprint density at radius 3 is 2.50 bits per heavy atom. The van der Waals surface area contributed by atoms with Gasteiger partial charge in [-0.1, -0.05) is 29.8 Å². The molecule has 1 aromatic heterocycles. The van der Waals surface area contributed by atoms with E-state index in [0.29, 0.717) is 15.7 Å². The van der Waals surface area contributed by atoms with Gasteiger partial charge in [-0.3, -0.25) is 15.2 Å². The van der Waals surface area contributed by atoms with E-state index in [1.54, 1.807) is 26.2 Å². The Hall–Kier alpha value is -1.79. The van der Waals surface area contributed by atoms with Gasteiger partial charge in [0.05, 0.1) is 5.69 Å². The standard InChI is InChI=1S/C13H15ClN4OS/c1-17(2)13(19)10-11(12(14)20-16-10)18(3)15-9-7-5-4-6-8-9/h4-8,15H,1-3H3. The van der Waals surface area contributed by atoms with Crippen molar-refractivity contribution >= 4 is 40.4 Å². The van der Waals surface area contributed by atoms with Crippen molar-refractivity contribution in [3.8, 4) is 0 Å². The highest BCUT2D eigenvalue weighted by atomic mass is 35.5. The normalized spacial score (nSPS) is 10.2. The van der Waals surface area contributed by atoms with E-state index >= 15 is 0 Å². The Morgan fingerprint density at radius 1 is 1.25 bits per heavy atom. The third kappa shape index (κ3) is 3.02. The van der Waals surface area contributed by atoms with Crippen LogP contribution in [0, 0.1) is 0 Å². The molecule has 2 rings (SSSR count). The first kappa shape index (κ1) is 14.6. The molecule has 0 unspecified atom stereocenters. The summed E-state index contributed by atoms with van der Waals surface area (Å²) in [5, 5.41) is 1.71. The van der Waals surface area contributed by atoms with Gasteiger partial charge in [0.1, 0.15) is 10.0 Å². The maximum atomic E-state index is 12.1. The van der Waals surface area contributed by atoms with E-state index in [9.17, 15) is 4.79 Å². The number of anilines is 2. The minimum atomic E-state index is -0.176. The molecule has 0 aliphatic rings. The van der Waals surface area contributed by atoms with Crippen LogP contribution in [0.25, 0.3) is 0 Å². The first-order valence-electron chi connectivity index (χ1n) is 5.93. The monoisotopic (exact) mass is 310 g/mol. The first-order chi connectivity index (χ1) is 9.50. The fraction of sp³-hybridized carbons (Fsp3) is 0.231. The average Bonchev–Trinajstić information content (AvgIpc) is 2.80. The SMILES string of the molecule is CN(C)C(=O)c1nsc(Cl)c1N(C)Nc1ccccc1.